The number of thioether (sulfide) groups is 1. The highest BCUT2D eigenvalue weighted by Gasteiger charge is 2.24. The molecule has 3 rings (SSSR count). The summed E-state index contributed by atoms with van der Waals surface area (Å²) in [6.45, 7) is 0. The van der Waals surface area contributed by atoms with E-state index in [-0.39, 0.29) is 0 Å². The Bertz CT molecular complexity index is 599. The fourth-order valence-electron chi connectivity index (χ4n) is 3.06. The molecule has 3 N–H and O–H groups in total. The first kappa shape index (κ1) is 13.6. The highest BCUT2D eigenvalue weighted by molar-refractivity contribution is 7.99. The SMILES string of the molecule is CSC1CCCCC1Nc1ccc2cnccc2c1N. The second-order valence-corrected chi connectivity index (χ2v) is 6.51. The van der Waals surface area contributed by atoms with Crippen molar-refractivity contribution in [3.63, 3.8) is 0 Å². The third kappa shape index (κ3) is 2.57. The Morgan fingerprint density at radius 2 is 2.10 bits per heavy atom. The molecule has 106 valence electrons. The van der Waals surface area contributed by atoms with E-state index in [9.17, 15) is 0 Å². The standard InChI is InChI=1S/C16H21N3S/c1-20-15-5-3-2-4-13(15)19-14-7-6-11-10-18-9-8-12(11)16(14)17/h6-10,13,15,19H,2-5,17H2,1H3. The van der Waals surface area contributed by atoms with Gasteiger partial charge in [-0.3, -0.25) is 4.98 Å². The van der Waals surface area contributed by atoms with Crippen LogP contribution in [0.4, 0.5) is 11.4 Å². The minimum absolute atomic E-state index is 0.528. The van der Waals surface area contributed by atoms with Gasteiger partial charge in [-0.25, -0.2) is 0 Å². The Hall–Kier alpha value is -1.42. The highest BCUT2D eigenvalue weighted by atomic mass is 32.2. The number of nitrogen functional groups attached to an aromatic ring is 1. The quantitative estimate of drug-likeness (QED) is 0.841. The molecule has 0 bridgehead atoms. The van der Waals surface area contributed by atoms with E-state index in [2.05, 4.69) is 28.7 Å². The van der Waals surface area contributed by atoms with Gasteiger partial charge in [0.2, 0.25) is 0 Å². The van der Waals surface area contributed by atoms with Crippen molar-refractivity contribution in [3.8, 4) is 0 Å². The van der Waals surface area contributed by atoms with Crippen LogP contribution in [0.3, 0.4) is 0 Å². The molecule has 0 amide bonds. The predicted octanol–water partition coefficient (Wildman–Crippen LogP) is 3.90. The normalized spacial score (nSPS) is 22.9. The van der Waals surface area contributed by atoms with E-state index in [1.165, 1.54) is 25.7 Å². The number of benzene rings is 1. The van der Waals surface area contributed by atoms with Crippen LogP contribution in [0.25, 0.3) is 10.8 Å². The van der Waals surface area contributed by atoms with Gasteiger partial charge >= 0.3 is 0 Å². The Morgan fingerprint density at radius 1 is 1.25 bits per heavy atom. The van der Waals surface area contributed by atoms with Gasteiger partial charge in [0.05, 0.1) is 11.4 Å². The molecule has 1 heterocycles. The molecular formula is C16H21N3S. The summed E-state index contributed by atoms with van der Waals surface area (Å²) >= 11 is 1.97. The molecule has 0 radical (unpaired) electrons. The van der Waals surface area contributed by atoms with Crippen LogP contribution < -0.4 is 11.1 Å². The number of fused-ring (bicyclic) bond motifs is 1. The second kappa shape index (κ2) is 5.92. The molecule has 2 atom stereocenters. The van der Waals surface area contributed by atoms with Gasteiger partial charge < -0.3 is 11.1 Å². The van der Waals surface area contributed by atoms with E-state index in [1.54, 1.807) is 6.20 Å². The van der Waals surface area contributed by atoms with Gasteiger partial charge in [-0.1, -0.05) is 18.9 Å². The van der Waals surface area contributed by atoms with Gasteiger partial charge in [0.1, 0.15) is 0 Å². The van der Waals surface area contributed by atoms with Crippen molar-refractivity contribution in [1.82, 2.24) is 4.98 Å². The third-order valence-corrected chi connectivity index (χ3v) is 5.38. The second-order valence-electron chi connectivity index (χ2n) is 5.43. The topological polar surface area (TPSA) is 50.9 Å². The Kier molecular flexibility index (Phi) is 4.01. The predicted molar refractivity (Wildman–Crippen MR) is 89.3 cm³/mol. The summed E-state index contributed by atoms with van der Waals surface area (Å²) in [5.74, 6) is 0. The van der Waals surface area contributed by atoms with Gasteiger partial charge in [-0.15, -0.1) is 0 Å². The maximum Gasteiger partial charge on any atom is 0.0630 e. The van der Waals surface area contributed by atoms with Crippen molar-refractivity contribution in [2.45, 2.75) is 37.0 Å². The van der Waals surface area contributed by atoms with Crippen LogP contribution in [0.2, 0.25) is 0 Å². The van der Waals surface area contributed by atoms with E-state index in [4.69, 9.17) is 5.73 Å². The summed E-state index contributed by atoms with van der Waals surface area (Å²) < 4.78 is 0. The van der Waals surface area contributed by atoms with Crippen molar-refractivity contribution in [3.05, 3.63) is 30.6 Å². The Labute approximate surface area is 124 Å². The van der Waals surface area contributed by atoms with Crippen molar-refractivity contribution in [1.29, 1.82) is 0 Å². The molecule has 1 aromatic heterocycles. The molecule has 4 heteroatoms. The number of pyridine rings is 1. The Morgan fingerprint density at radius 3 is 2.95 bits per heavy atom. The van der Waals surface area contributed by atoms with E-state index in [1.807, 2.05) is 24.0 Å². The summed E-state index contributed by atoms with van der Waals surface area (Å²) in [5, 5.41) is 6.55. The summed E-state index contributed by atoms with van der Waals surface area (Å²) in [5.41, 5.74) is 8.23. The number of nitrogens with zero attached hydrogens (tertiary/aromatic N) is 1. The lowest BCUT2D eigenvalue weighted by molar-refractivity contribution is 0.475. The minimum Gasteiger partial charge on any atom is -0.397 e. The molecular weight excluding hydrogens is 266 g/mol. The van der Waals surface area contributed by atoms with Crippen molar-refractivity contribution >= 4 is 33.9 Å². The van der Waals surface area contributed by atoms with Crippen LogP contribution in [0.15, 0.2) is 30.6 Å². The van der Waals surface area contributed by atoms with Gasteiger partial charge in [-0.05, 0) is 31.2 Å². The van der Waals surface area contributed by atoms with Crippen LogP contribution >= 0.6 is 11.8 Å². The minimum atomic E-state index is 0.528. The van der Waals surface area contributed by atoms with Crippen LogP contribution in [-0.4, -0.2) is 22.5 Å². The number of rotatable bonds is 3. The average molecular weight is 287 g/mol. The fraction of sp³-hybridized carbons (Fsp3) is 0.438. The monoisotopic (exact) mass is 287 g/mol. The molecule has 1 fully saturated rings. The maximum absolute atomic E-state index is 6.33. The van der Waals surface area contributed by atoms with Crippen LogP contribution in [-0.2, 0) is 0 Å². The number of aromatic nitrogens is 1. The zero-order chi connectivity index (χ0) is 13.9. The van der Waals surface area contributed by atoms with E-state index in [0.29, 0.717) is 11.3 Å². The number of hydrogen-bond donors (Lipinski definition) is 2. The zero-order valence-corrected chi connectivity index (χ0v) is 12.6. The van der Waals surface area contributed by atoms with Gasteiger partial charge in [0, 0.05) is 34.5 Å². The fourth-order valence-corrected chi connectivity index (χ4v) is 4.00. The van der Waals surface area contributed by atoms with Crippen molar-refractivity contribution in [2.24, 2.45) is 0 Å². The molecule has 0 saturated heterocycles. The zero-order valence-electron chi connectivity index (χ0n) is 11.8. The van der Waals surface area contributed by atoms with Gasteiger partial charge in [0.25, 0.3) is 0 Å². The molecule has 2 unspecified atom stereocenters. The van der Waals surface area contributed by atoms with Crippen LogP contribution in [0.5, 0.6) is 0 Å². The molecule has 2 aromatic rings. The number of nitrogens with one attached hydrogen (secondary N) is 1. The average Bonchev–Trinajstić information content (AvgIpc) is 2.51. The first-order chi connectivity index (χ1) is 9.79. The van der Waals surface area contributed by atoms with Crippen LogP contribution in [0.1, 0.15) is 25.7 Å². The molecule has 0 spiro atoms. The van der Waals surface area contributed by atoms with E-state index in [0.717, 1.165) is 22.1 Å². The molecule has 0 aliphatic heterocycles. The molecule has 1 saturated carbocycles. The summed E-state index contributed by atoms with van der Waals surface area (Å²) in [4.78, 5) is 4.15. The Balaban J connectivity index is 1.88. The van der Waals surface area contributed by atoms with Gasteiger partial charge in [0.15, 0.2) is 0 Å². The molecule has 1 aliphatic carbocycles. The lowest BCUT2D eigenvalue weighted by atomic mass is 9.94. The third-order valence-electron chi connectivity index (χ3n) is 4.21. The maximum atomic E-state index is 6.33. The smallest absolute Gasteiger partial charge is 0.0630 e. The molecule has 1 aromatic carbocycles. The highest BCUT2D eigenvalue weighted by Crippen LogP contribution is 2.33. The first-order valence-electron chi connectivity index (χ1n) is 7.21. The number of hydrogen-bond acceptors (Lipinski definition) is 4. The summed E-state index contributed by atoms with van der Waals surface area (Å²) in [7, 11) is 0. The lowest BCUT2D eigenvalue weighted by Crippen LogP contribution is -2.34. The largest absolute Gasteiger partial charge is 0.397 e. The summed E-state index contributed by atoms with van der Waals surface area (Å²) in [6.07, 6.45) is 11.1. The van der Waals surface area contributed by atoms with E-state index < -0.39 is 0 Å². The van der Waals surface area contributed by atoms with Crippen LogP contribution in [0, 0.1) is 0 Å². The number of nitrogens with two attached hydrogens (primary N) is 1. The lowest BCUT2D eigenvalue weighted by Gasteiger charge is -2.32. The summed E-state index contributed by atoms with van der Waals surface area (Å²) in [6, 6.07) is 6.70. The molecule has 3 nitrogen and oxygen atoms in total. The molecule has 1 aliphatic rings. The van der Waals surface area contributed by atoms with Gasteiger partial charge in [-0.2, -0.15) is 11.8 Å². The van der Waals surface area contributed by atoms with Crippen molar-refractivity contribution < 1.29 is 0 Å². The van der Waals surface area contributed by atoms with Crippen molar-refractivity contribution in [2.75, 3.05) is 17.3 Å². The molecule has 20 heavy (non-hydrogen) atoms. The number of anilines is 2. The first-order valence-corrected chi connectivity index (χ1v) is 8.50. The van der Waals surface area contributed by atoms with E-state index >= 15 is 0 Å².